The minimum Gasteiger partial charge on any atom is -0.383 e. The van der Waals surface area contributed by atoms with Gasteiger partial charge in [0.25, 0.3) is 0 Å². The second kappa shape index (κ2) is 8.64. The van der Waals surface area contributed by atoms with E-state index in [0.717, 1.165) is 0 Å². The predicted molar refractivity (Wildman–Crippen MR) is 58.6 cm³/mol. The maximum absolute atomic E-state index is 11.7. The summed E-state index contributed by atoms with van der Waals surface area (Å²) in [5.41, 5.74) is 5.65. The lowest BCUT2D eigenvalue weighted by Gasteiger charge is -2.23. The second-order valence-corrected chi connectivity index (χ2v) is 3.18. The van der Waals surface area contributed by atoms with Gasteiger partial charge in [0.05, 0.1) is 13.2 Å². The first-order valence-electron chi connectivity index (χ1n) is 5.28. The van der Waals surface area contributed by atoms with Crippen LogP contribution in [-0.2, 0) is 14.3 Å². The molecule has 0 aromatic carbocycles. The van der Waals surface area contributed by atoms with Gasteiger partial charge in [0.1, 0.15) is 6.04 Å². The van der Waals surface area contributed by atoms with E-state index in [4.69, 9.17) is 15.2 Å². The fraction of sp³-hybridized carbons (Fsp3) is 0.900. The highest BCUT2D eigenvalue weighted by atomic mass is 16.5. The third kappa shape index (κ3) is 5.71. The molecule has 1 atom stereocenters. The van der Waals surface area contributed by atoms with Crippen molar-refractivity contribution in [2.24, 2.45) is 5.73 Å². The van der Waals surface area contributed by atoms with Crippen LogP contribution in [0.3, 0.4) is 0 Å². The first-order chi connectivity index (χ1) is 7.17. The number of likely N-dealkylation sites (N-methyl/N-ethyl adjacent to an activating group) is 1. The molecule has 1 amide bonds. The van der Waals surface area contributed by atoms with Crippen LogP contribution in [0.2, 0.25) is 0 Å². The van der Waals surface area contributed by atoms with Crippen LogP contribution in [0.15, 0.2) is 0 Å². The number of rotatable bonds is 8. The van der Waals surface area contributed by atoms with Crippen molar-refractivity contribution < 1.29 is 14.3 Å². The van der Waals surface area contributed by atoms with Crippen molar-refractivity contribution in [3.05, 3.63) is 0 Å². The number of amides is 1. The summed E-state index contributed by atoms with van der Waals surface area (Å²) in [6.45, 7) is 6.54. The normalized spacial score (nSPS) is 12.5. The molecule has 0 aromatic heterocycles. The van der Waals surface area contributed by atoms with Gasteiger partial charge in [0, 0.05) is 26.8 Å². The summed E-state index contributed by atoms with van der Waals surface area (Å²) in [7, 11) is 1.53. The van der Waals surface area contributed by atoms with Gasteiger partial charge in [-0.1, -0.05) is 0 Å². The molecule has 0 aliphatic heterocycles. The van der Waals surface area contributed by atoms with Gasteiger partial charge in [0.15, 0.2) is 0 Å². The van der Waals surface area contributed by atoms with Gasteiger partial charge in [-0.15, -0.1) is 0 Å². The van der Waals surface area contributed by atoms with E-state index in [0.29, 0.717) is 26.3 Å². The third-order valence-corrected chi connectivity index (χ3v) is 2.07. The Kier molecular flexibility index (Phi) is 8.27. The van der Waals surface area contributed by atoms with E-state index < -0.39 is 6.04 Å². The van der Waals surface area contributed by atoms with Crippen LogP contribution in [0, 0.1) is 0 Å². The fourth-order valence-corrected chi connectivity index (χ4v) is 1.23. The number of carbonyl (C=O) groups excluding carboxylic acids is 1. The molecular weight excluding hydrogens is 196 g/mol. The van der Waals surface area contributed by atoms with Gasteiger partial charge >= 0.3 is 0 Å². The quantitative estimate of drug-likeness (QED) is 0.575. The van der Waals surface area contributed by atoms with Gasteiger partial charge in [0.2, 0.25) is 5.91 Å². The molecule has 0 aliphatic rings. The smallest absolute Gasteiger partial charge is 0.241 e. The van der Waals surface area contributed by atoms with Crippen molar-refractivity contribution in [2.75, 3.05) is 40.0 Å². The number of hydrogen-bond acceptors (Lipinski definition) is 4. The Balaban J connectivity index is 3.97. The summed E-state index contributed by atoms with van der Waals surface area (Å²) in [6, 6.07) is -0.573. The fourth-order valence-electron chi connectivity index (χ4n) is 1.23. The molecular formula is C10H22N2O3. The molecule has 90 valence electrons. The Hall–Kier alpha value is -0.650. The van der Waals surface area contributed by atoms with E-state index >= 15 is 0 Å². The number of nitrogens with two attached hydrogens (primary N) is 1. The van der Waals surface area contributed by atoms with Crippen LogP contribution < -0.4 is 5.73 Å². The SMILES string of the molecule is CCOCCN(CC)C(=O)C(N)COC. The van der Waals surface area contributed by atoms with Gasteiger partial charge in [-0.25, -0.2) is 0 Å². The van der Waals surface area contributed by atoms with E-state index in [2.05, 4.69) is 0 Å². The second-order valence-electron chi connectivity index (χ2n) is 3.18. The Bertz CT molecular complexity index is 176. The summed E-state index contributed by atoms with van der Waals surface area (Å²) < 4.78 is 10.0. The van der Waals surface area contributed by atoms with Gasteiger partial charge in [-0.3, -0.25) is 4.79 Å². The van der Waals surface area contributed by atoms with Crippen molar-refractivity contribution in [1.82, 2.24) is 4.90 Å². The zero-order chi connectivity index (χ0) is 11.7. The van der Waals surface area contributed by atoms with E-state index in [1.165, 1.54) is 7.11 Å². The lowest BCUT2D eigenvalue weighted by molar-refractivity contribution is -0.134. The highest BCUT2D eigenvalue weighted by Gasteiger charge is 2.19. The number of hydrogen-bond donors (Lipinski definition) is 1. The number of nitrogens with zero attached hydrogens (tertiary/aromatic N) is 1. The van der Waals surface area contributed by atoms with Crippen LogP contribution in [0.25, 0.3) is 0 Å². The summed E-state index contributed by atoms with van der Waals surface area (Å²) in [4.78, 5) is 13.4. The Morgan fingerprint density at radius 3 is 2.60 bits per heavy atom. The van der Waals surface area contributed by atoms with Crippen molar-refractivity contribution >= 4 is 5.91 Å². The van der Waals surface area contributed by atoms with E-state index in [9.17, 15) is 4.79 Å². The first-order valence-corrected chi connectivity index (χ1v) is 5.28. The van der Waals surface area contributed by atoms with Gasteiger partial charge in [-0.05, 0) is 13.8 Å². The van der Waals surface area contributed by atoms with E-state index in [-0.39, 0.29) is 12.5 Å². The molecule has 0 saturated carbocycles. The van der Waals surface area contributed by atoms with Crippen LogP contribution in [0.4, 0.5) is 0 Å². The molecule has 0 spiro atoms. The largest absolute Gasteiger partial charge is 0.383 e. The first kappa shape index (κ1) is 14.3. The molecule has 0 heterocycles. The minimum absolute atomic E-state index is 0.0842. The standard InChI is InChI=1S/C10H22N2O3/c1-4-12(6-7-15-5-2)10(13)9(11)8-14-3/h9H,4-8,11H2,1-3H3. The number of ether oxygens (including phenoxy) is 2. The topological polar surface area (TPSA) is 64.8 Å². The van der Waals surface area contributed by atoms with Crippen LogP contribution in [0.1, 0.15) is 13.8 Å². The summed E-state index contributed by atoms with van der Waals surface area (Å²) in [5.74, 6) is -0.0842. The van der Waals surface area contributed by atoms with Crippen molar-refractivity contribution in [2.45, 2.75) is 19.9 Å². The van der Waals surface area contributed by atoms with Crippen LogP contribution >= 0.6 is 0 Å². The Morgan fingerprint density at radius 2 is 2.13 bits per heavy atom. The zero-order valence-electron chi connectivity index (χ0n) is 9.86. The van der Waals surface area contributed by atoms with E-state index in [1.54, 1.807) is 4.90 Å². The summed E-state index contributed by atoms with van der Waals surface area (Å²) >= 11 is 0. The zero-order valence-corrected chi connectivity index (χ0v) is 9.86. The van der Waals surface area contributed by atoms with Crippen LogP contribution in [0.5, 0.6) is 0 Å². The van der Waals surface area contributed by atoms with Gasteiger partial charge in [-0.2, -0.15) is 0 Å². The monoisotopic (exact) mass is 218 g/mol. The van der Waals surface area contributed by atoms with Crippen molar-refractivity contribution in [1.29, 1.82) is 0 Å². The molecule has 0 bridgehead atoms. The number of carbonyl (C=O) groups is 1. The highest BCUT2D eigenvalue weighted by Crippen LogP contribution is 1.94. The van der Waals surface area contributed by atoms with Crippen molar-refractivity contribution in [3.8, 4) is 0 Å². The summed E-state index contributed by atoms with van der Waals surface area (Å²) in [5, 5.41) is 0. The molecule has 5 nitrogen and oxygen atoms in total. The molecule has 15 heavy (non-hydrogen) atoms. The maximum Gasteiger partial charge on any atom is 0.241 e. The summed E-state index contributed by atoms with van der Waals surface area (Å²) in [6.07, 6.45) is 0. The molecule has 1 unspecified atom stereocenters. The molecule has 0 aliphatic carbocycles. The Labute approximate surface area is 91.5 Å². The molecule has 0 saturated heterocycles. The van der Waals surface area contributed by atoms with E-state index in [1.807, 2.05) is 13.8 Å². The molecule has 0 rings (SSSR count). The molecule has 0 aromatic rings. The van der Waals surface area contributed by atoms with Crippen molar-refractivity contribution in [3.63, 3.8) is 0 Å². The van der Waals surface area contributed by atoms with Crippen LogP contribution in [-0.4, -0.2) is 56.9 Å². The lowest BCUT2D eigenvalue weighted by Crippen LogP contribution is -2.47. The lowest BCUT2D eigenvalue weighted by atomic mass is 10.3. The number of methoxy groups -OCH3 is 1. The maximum atomic E-state index is 11.7. The average molecular weight is 218 g/mol. The van der Waals surface area contributed by atoms with Gasteiger partial charge < -0.3 is 20.1 Å². The highest BCUT2D eigenvalue weighted by molar-refractivity contribution is 5.81. The molecule has 0 radical (unpaired) electrons. The third-order valence-electron chi connectivity index (χ3n) is 2.07. The molecule has 5 heteroatoms. The Morgan fingerprint density at radius 1 is 1.47 bits per heavy atom. The minimum atomic E-state index is -0.573. The predicted octanol–water partition coefficient (Wildman–Crippen LogP) is -0.155. The molecule has 2 N–H and O–H groups in total. The average Bonchev–Trinajstić information content (AvgIpc) is 2.24. The molecule has 0 fully saturated rings.